The number of aromatic nitrogens is 1. The Morgan fingerprint density at radius 3 is 2.67 bits per heavy atom. The first-order valence-electron chi connectivity index (χ1n) is 4.85. The van der Waals surface area contributed by atoms with E-state index in [2.05, 4.69) is 9.71 Å². The molecule has 0 aromatic carbocycles. The molecule has 1 heterocycles. The Bertz CT molecular complexity index is 448. The second kappa shape index (κ2) is 3.84. The summed E-state index contributed by atoms with van der Waals surface area (Å²) < 4.78 is 25.1. The van der Waals surface area contributed by atoms with Gasteiger partial charge in [0.05, 0.1) is 12.3 Å². The second-order valence-corrected chi connectivity index (χ2v) is 6.70. The van der Waals surface area contributed by atoms with Crippen LogP contribution in [0, 0.1) is 12.8 Å². The van der Waals surface area contributed by atoms with Gasteiger partial charge in [0.1, 0.15) is 5.01 Å². The van der Waals surface area contributed by atoms with Crippen molar-refractivity contribution in [2.24, 2.45) is 5.92 Å². The Labute approximate surface area is 93.8 Å². The molecule has 0 aliphatic heterocycles. The predicted octanol–water partition coefficient (Wildman–Crippen LogP) is 1.45. The number of nitrogens with zero attached hydrogens (tertiary/aromatic N) is 1. The molecule has 0 spiro atoms. The topological polar surface area (TPSA) is 59.1 Å². The van der Waals surface area contributed by atoms with Crippen molar-refractivity contribution in [3.05, 3.63) is 16.1 Å². The van der Waals surface area contributed by atoms with Crippen molar-refractivity contribution >= 4 is 21.4 Å². The van der Waals surface area contributed by atoms with Gasteiger partial charge < -0.3 is 0 Å². The average molecular weight is 246 g/mol. The van der Waals surface area contributed by atoms with Crippen molar-refractivity contribution in [2.45, 2.75) is 25.8 Å². The Morgan fingerprint density at radius 1 is 1.60 bits per heavy atom. The lowest BCUT2D eigenvalue weighted by atomic mass is 10.2. The zero-order valence-electron chi connectivity index (χ0n) is 8.73. The van der Waals surface area contributed by atoms with Crippen molar-refractivity contribution in [1.29, 1.82) is 0 Å². The molecular formula is C9H14N2O2S2. The molecule has 4 nitrogen and oxygen atoms in total. The molecule has 0 bridgehead atoms. The van der Waals surface area contributed by atoms with Gasteiger partial charge in [-0.15, -0.1) is 11.3 Å². The Morgan fingerprint density at radius 2 is 2.27 bits per heavy atom. The van der Waals surface area contributed by atoms with Crippen LogP contribution in [-0.2, 0) is 10.0 Å². The van der Waals surface area contributed by atoms with Gasteiger partial charge in [-0.05, 0) is 25.7 Å². The van der Waals surface area contributed by atoms with Gasteiger partial charge in [0.15, 0.2) is 0 Å². The van der Waals surface area contributed by atoms with Gasteiger partial charge >= 0.3 is 0 Å². The van der Waals surface area contributed by atoms with Crippen molar-refractivity contribution < 1.29 is 8.42 Å². The fourth-order valence-electron chi connectivity index (χ4n) is 1.52. The van der Waals surface area contributed by atoms with Crippen LogP contribution in [-0.4, -0.2) is 19.7 Å². The lowest BCUT2D eigenvalue weighted by molar-refractivity contribution is 0.531. The first-order chi connectivity index (χ1) is 6.96. The monoisotopic (exact) mass is 246 g/mol. The molecule has 15 heavy (non-hydrogen) atoms. The van der Waals surface area contributed by atoms with Crippen molar-refractivity contribution in [2.75, 3.05) is 6.26 Å². The number of nitrogens with one attached hydrogen (secondary N) is 1. The highest BCUT2D eigenvalue weighted by molar-refractivity contribution is 7.88. The molecule has 0 saturated heterocycles. The molecule has 1 N–H and O–H groups in total. The number of aryl methyl sites for hydroxylation is 1. The predicted molar refractivity (Wildman–Crippen MR) is 60.3 cm³/mol. The largest absolute Gasteiger partial charge is 0.245 e. The van der Waals surface area contributed by atoms with Crippen LogP contribution >= 0.6 is 11.3 Å². The molecule has 84 valence electrons. The molecule has 0 radical (unpaired) electrons. The summed E-state index contributed by atoms with van der Waals surface area (Å²) in [7, 11) is -3.15. The van der Waals surface area contributed by atoms with Crippen LogP contribution in [0.2, 0.25) is 0 Å². The first-order valence-corrected chi connectivity index (χ1v) is 7.62. The molecule has 1 aliphatic carbocycles. The SMILES string of the molecule is Cc1csc([C@@H](NS(C)(=O)=O)C2CC2)n1. The van der Waals surface area contributed by atoms with E-state index < -0.39 is 10.0 Å². The number of hydrogen-bond donors (Lipinski definition) is 1. The molecule has 1 aliphatic rings. The third-order valence-electron chi connectivity index (χ3n) is 2.34. The molecule has 1 fully saturated rings. The van der Waals surface area contributed by atoms with Gasteiger partial charge in [-0.2, -0.15) is 0 Å². The maximum absolute atomic E-state index is 11.2. The summed E-state index contributed by atoms with van der Waals surface area (Å²) in [5.41, 5.74) is 0.955. The normalized spacial score (nSPS) is 19.1. The van der Waals surface area contributed by atoms with E-state index >= 15 is 0 Å². The molecule has 0 amide bonds. The van der Waals surface area contributed by atoms with Crippen molar-refractivity contribution in [3.63, 3.8) is 0 Å². The molecule has 1 aromatic rings. The molecule has 1 atom stereocenters. The molecule has 0 unspecified atom stereocenters. The summed E-state index contributed by atoms with van der Waals surface area (Å²) in [6.45, 7) is 1.92. The average Bonchev–Trinajstić information content (AvgIpc) is 2.84. The molecule has 1 aromatic heterocycles. The van der Waals surface area contributed by atoms with E-state index in [-0.39, 0.29) is 6.04 Å². The van der Waals surface area contributed by atoms with Gasteiger partial charge in [-0.1, -0.05) is 0 Å². The number of hydrogen-bond acceptors (Lipinski definition) is 4. The van der Waals surface area contributed by atoms with Crippen LogP contribution in [0.15, 0.2) is 5.38 Å². The highest BCUT2D eigenvalue weighted by atomic mass is 32.2. The highest BCUT2D eigenvalue weighted by Gasteiger charge is 2.35. The van der Waals surface area contributed by atoms with E-state index in [0.717, 1.165) is 23.5 Å². The van der Waals surface area contributed by atoms with Crippen LogP contribution in [0.25, 0.3) is 0 Å². The molecule has 6 heteroatoms. The van der Waals surface area contributed by atoms with Crippen molar-refractivity contribution in [3.8, 4) is 0 Å². The zero-order chi connectivity index (χ0) is 11.1. The van der Waals surface area contributed by atoms with Crippen LogP contribution in [0.1, 0.15) is 29.6 Å². The number of rotatable bonds is 4. The minimum atomic E-state index is -3.15. The lowest BCUT2D eigenvalue weighted by Crippen LogP contribution is -2.28. The van der Waals surface area contributed by atoms with Gasteiger partial charge in [0.25, 0.3) is 0 Å². The Hall–Kier alpha value is -0.460. The fourth-order valence-corrected chi connectivity index (χ4v) is 3.30. The van der Waals surface area contributed by atoms with E-state index in [0.29, 0.717) is 5.92 Å². The summed E-state index contributed by atoms with van der Waals surface area (Å²) in [4.78, 5) is 4.35. The van der Waals surface area contributed by atoms with Crippen LogP contribution in [0.5, 0.6) is 0 Å². The van der Waals surface area contributed by atoms with Crippen LogP contribution < -0.4 is 4.72 Å². The number of thiazole rings is 1. The van der Waals surface area contributed by atoms with Gasteiger partial charge in [-0.25, -0.2) is 18.1 Å². The molecule has 2 rings (SSSR count). The summed E-state index contributed by atoms with van der Waals surface area (Å²) >= 11 is 1.53. The third-order valence-corrected chi connectivity index (χ3v) is 4.07. The van der Waals surface area contributed by atoms with Crippen LogP contribution in [0.4, 0.5) is 0 Å². The van der Waals surface area contributed by atoms with Crippen molar-refractivity contribution in [1.82, 2.24) is 9.71 Å². The Balaban J connectivity index is 2.20. The lowest BCUT2D eigenvalue weighted by Gasteiger charge is -2.13. The second-order valence-electron chi connectivity index (χ2n) is 4.03. The minimum Gasteiger partial charge on any atom is -0.245 e. The van der Waals surface area contributed by atoms with E-state index in [4.69, 9.17) is 0 Å². The molecule has 1 saturated carbocycles. The van der Waals surface area contributed by atoms with E-state index in [1.165, 1.54) is 17.6 Å². The minimum absolute atomic E-state index is 0.112. The summed E-state index contributed by atoms with van der Waals surface area (Å²) in [6, 6.07) is -0.112. The third kappa shape index (κ3) is 2.99. The maximum atomic E-state index is 11.2. The highest BCUT2D eigenvalue weighted by Crippen LogP contribution is 2.42. The fraction of sp³-hybridized carbons (Fsp3) is 0.667. The Kier molecular flexibility index (Phi) is 2.83. The summed E-state index contributed by atoms with van der Waals surface area (Å²) in [5.74, 6) is 0.435. The maximum Gasteiger partial charge on any atom is 0.209 e. The van der Waals surface area contributed by atoms with E-state index in [9.17, 15) is 8.42 Å². The number of sulfonamides is 1. The summed E-state index contributed by atoms with van der Waals surface area (Å²) in [6.07, 6.45) is 3.38. The van der Waals surface area contributed by atoms with E-state index in [1.54, 1.807) is 0 Å². The smallest absolute Gasteiger partial charge is 0.209 e. The standard InChI is InChI=1S/C9H14N2O2S2/c1-6-5-14-9(10-6)8(7-3-4-7)11-15(2,12)13/h5,7-8,11H,3-4H2,1-2H3/t8-/m0/s1. The summed E-state index contributed by atoms with van der Waals surface area (Å²) in [5, 5.41) is 2.84. The van der Waals surface area contributed by atoms with Gasteiger partial charge in [-0.3, -0.25) is 0 Å². The molecular weight excluding hydrogens is 232 g/mol. The van der Waals surface area contributed by atoms with Gasteiger partial charge in [0, 0.05) is 11.1 Å². The first kappa shape index (κ1) is 11.0. The zero-order valence-corrected chi connectivity index (χ0v) is 10.4. The van der Waals surface area contributed by atoms with Gasteiger partial charge in [0.2, 0.25) is 10.0 Å². The van der Waals surface area contributed by atoms with E-state index in [1.807, 2.05) is 12.3 Å². The quantitative estimate of drug-likeness (QED) is 0.874. The van der Waals surface area contributed by atoms with Crippen LogP contribution in [0.3, 0.4) is 0 Å².